The topological polar surface area (TPSA) is 193 Å². The van der Waals surface area contributed by atoms with Gasteiger partial charge in [0.1, 0.15) is 0 Å². The number of aliphatic hydroxyl groups is 2. The third-order valence-corrected chi connectivity index (χ3v) is 11.5. The van der Waals surface area contributed by atoms with Gasteiger partial charge in [0.2, 0.25) is 11.6 Å². The molecule has 0 saturated carbocycles. The van der Waals surface area contributed by atoms with Gasteiger partial charge in [0.05, 0.1) is 5.56 Å². The average Bonchev–Trinajstić information content (AvgIpc) is 3.16. The summed E-state index contributed by atoms with van der Waals surface area (Å²) < 4.78 is 66.1. The quantitative estimate of drug-likeness (QED) is 0.129. The lowest BCUT2D eigenvalue weighted by molar-refractivity contribution is -0.187. The van der Waals surface area contributed by atoms with E-state index in [1.807, 2.05) is 13.8 Å². The third-order valence-electron chi connectivity index (χ3n) is 9.54. The summed E-state index contributed by atoms with van der Waals surface area (Å²) in [6.07, 6.45) is -2.20. The standard InChI is InChI=1S/C20H32F3N3O2S.C18H14O8/c1-5-25(15-17-9-11-26(12-10-17)29(27,28)24(3)4)16(2)13-18-7-6-8-19(14-18)20(21,22)23;19-13(11-7-3-1-4-8-11)17(25,15(21)22)18(26,16(23)24)14(20)12-9-5-2-6-10-12/h6-8,14,16-17H,5,9-13,15H2,1-4H3;1-10,25-26H,(H,21,22)(H,23,24). The SMILES string of the molecule is CCN(CC1CCN(S(=O)(=O)N(C)C)CC1)C(C)Cc1cccc(C(F)(F)F)c1.O=C(O)C(O)(C(=O)c1ccccc1)C(O)(C(=O)O)C(=O)c1ccccc1. The highest BCUT2D eigenvalue weighted by atomic mass is 32.2. The van der Waals surface area contributed by atoms with E-state index in [1.165, 1.54) is 71.2 Å². The Morgan fingerprint density at radius 1 is 0.800 bits per heavy atom. The number of alkyl halides is 3. The number of halogens is 3. The van der Waals surface area contributed by atoms with Gasteiger partial charge in [0.25, 0.3) is 21.4 Å². The van der Waals surface area contributed by atoms with Gasteiger partial charge in [-0.1, -0.05) is 85.8 Å². The number of ketones is 2. The van der Waals surface area contributed by atoms with Crippen molar-refractivity contribution in [2.45, 2.75) is 56.5 Å². The molecule has 0 amide bonds. The molecule has 0 radical (unpaired) electrons. The summed E-state index contributed by atoms with van der Waals surface area (Å²) in [7, 11) is -0.295. The highest BCUT2D eigenvalue weighted by Crippen LogP contribution is 2.32. The lowest BCUT2D eigenvalue weighted by Gasteiger charge is -2.37. The maximum atomic E-state index is 12.9. The number of hydrogen-bond donors (Lipinski definition) is 4. The van der Waals surface area contributed by atoms with Gasteiger partial charge >= 0.3 is 18.1 Å². The summed E-state index contributed by atoms with van der Waals surface area (Å²) in [5.41, 5.74) is -8.62. The van der Waals surface area contributed by atoms with Crippen molar-refractivity contribution in [1.29, 1.82) is 0 Å². The number of carboxylic acid groups (broad SMARTS) is 2. The normalized spacial score (nSPS) is 17.0. The van der Waals surface area contributed by atoms with E-state index < -0.39 is 67.8 Å². The number of piperidine rings is 1. The molecule has 17 heteroatoms. The fourth-order valence-corrected chi connectivity index (χ4v) is 7.41. The van der Waals surface area contributed by atoms with Crippen molar-refractivity contribution in [3.8, 4) is 0 Å². The predicted molar refractivity (Wildman–Crippen MR) is 195 cm³/mol. The molecule has 4 rings (SSSR count). The van der Waals surface area contributed by atoms with Crippen LogP contribution in [-0.2, 0) is 32.4 Å². The third kappa shape index (κ3) is 10.2. The Balaban J connectivity index is 0.000000297. The second kappa shape index (κ2) is 18.4. The molecule has 3 atom stereocenters. The van der Waals surface area contributed by atoms with Crippen LogP contribution in [0.25, 0.3) is 0 Å². The second-order valence-electron chi connectivity index (χ2n) is 13.4. The van der Waals surface area contributed by atoms with Crippen molar-refractivity contribution in [3.05, 3.63) is 107 Å². The van der Waals surface area contributed by atoms with Gasteiger partial charge in [0.15, 0.2) is 0 Å². The molecule has 1 fully saturated rings. The summed E-state index contributed by atoms with van der Waals surface area (Å²) in [5.74, 6) is -7.65. The van der Waals surface area contributed by atoms with E-state index in [4.69, 9.17) is 0 Å². The molecule has 1 saturated heterocycles. The average molecular weight is 794 g/mol. The van der Waals surface area contributed by atoms with Gasteiger partial charge in [-0.25, -0.2) is 9.59 Å². The van der Waals surface area contributed by atoms with Crippen LogP contribution in [-0.4, -0.2) is 123 Å². The molecule has 0 bridgehead atoms. The summed E-state index contributed by atoms with van der Waals surface area (Å²) in [6.45, 7) is 6.72. The lowest BCUT2D eigenvalue weighted by atomic mass is 9.73. The van der Waals surface area contributed by atoms with Gasteiger partial charge < -0.3 is 25.3 Å². The van der Waals surface area contributed by atoms with Gasteiger partial charge in [-0.15, -0.1) is 0 Å². The van der Waals surface area contributed by atoms with E-state index >= 15 is 0 Å². The van der Waals surface area contributed by atoms with E-state index in [0.29, 0.717) is 31.0 Å². The Kier molecular flexibility index (Phi) is 15.0. The number of carbonyl (C=O) groups excluding carboxylic acids is 2. The fourth-order valence-electron chi connectivity index (χ4n) is 6.28. The molecule has 55 heavy (non-hydrogen) atoms. The van der Waals surface area contributed by atoms with Gasteiger partial charge in [0, 0.05) is 50.9 Å². The number of Topliss-reactive ketones (excluding diaryl/α,β-unsaturated/α-hetero) is 2. The van der Waals surface area contributed by atoms with E-state index in [-0.39, 0.29) is 6.04 Å². The van der Waals surface area contributed by atoms with Crippen molar-refractivity contribution in [2.24, 2.45) is 5.92 Å². The highest BCUT2D eigenvalue weighted by Gasteiger charge is 2.69. The number of rotatable bonds is 15. The molecular formula is C38H46F3N3O10S. The molecule has 13 nitrogen and oxygen atoms in total. The molecule has 1 aliphatic heterocycles. The van der Waals surface area contributed by atoms with E-state index in [9.17, 15) is 61.2 Å². The zero-order chi connectivity index (χ0) is 41.4. The van der Waals surface area contributed by atoms with Crippen LogP contribution in [0, 0.1) is 5.92 Å². The molecule has 3 unspecified atom stereocenters. The smallest absolute Gasteiger partial charge is 0.416 e. The largest absolute Gasteiger partial charge is 0.479 e. The molecule has 4 N–H and O–H groups in total. The first-order valence-electron chi connectivity index (χ1n) is 17.3. The Hall–Kier alpha value is -4.52. The minimum atomic E-state index is -4.33. The molecule has 1 heterocycles. The summed E-state index contributed by atoms with van der Waals surface area (Å²) >= 11 is 0. The van der Waals surface area contributed by atoms with Gasteiger partial charge in [-0.2, -0.15) is 30.2 Å². The number of hydrogen-bond acceptors (Lipinski definition) is 9. The Bertz CT molecular complexity index is 1830. The molecule has 0 aromatic heterocycles. The summed E-state index contributed by atoms with van der Waals surface area (Å²) in [6, 6.07) is 18.5. The van der Waals surface area contributed by atoms with Crippen LogP contribution in [0.5, 0.6) is 0 Å². The summed E-state index contributed by atoms with van der Waals surface area (Å²) in [4.78, 5) is 50.8. The minimum absolute atomic E-state index is 0.104. The van der Waals surface area contributed by atoms with Crippen molar-refractivity contribution < 1.29 is 61.2 Å². The Morgan fingerprint density at radius 2 is 1.25 bits per heavy atom. The first kappa shape index (κ1) is 44.9. The zero-order valence-electron chi connectivity index (χ0n) is 30.8. The van der Waals surface area contributed by atoms with Gasteiger partial charge in [-0.3, -0.25) is 9.59 Å². The molecule has 0 aliphatic carbocycles. The number of carbonyl (C=O) groups is 4. The summed E-state index contributed by atoms with van der Waals surface area (Å²) in [5, 5.41) is 39.9. The number of carboxylic acids is 2. The maximum absolute atomic E-state index is 12.9. The number of aliphatic carboxylic acids is 2. The zero-order valence-corrected chi connectivity index (χ0v) is 31.6. The van der Waals surface area contributed by atoms with E-state index in [0.717, 1.165) is 56.3 Å². The highest BCUT2D eigenvalue weighted by molar-refractivity contribution is 7.86. The van der Waals surface area contributed by atoms with E-state index in [1.54, 1.807) is 6.07 Å². The van der Waals surface area contributed by atoms with Crippen molar-refractivity contribution >= 4 is 33.7 Å². The first-order valence-corrected chi connectivity index (χ1v) is 18.7. The predicted octanol–water partition coefficient (Wildman–Crippen LogP) is 3.86. The van der Waals surface area contributed by atoms with Crippen molar-refractivity contribution in [1.82, 2.24) is 13.5 Å². The number of benzene rings is 3. The first-order chi connectivity index (χ1) is 25.6. The Morgan fingerprint density at radius 3 is 1.64 bits per heavy atom. The molecule has 1 aliphatic rings. The Labute approximate surface area is 317 Å². The molecule has 300 valence electrons. The van der Waals surface area contributed by atoms with Gasteiger partial charge in [-0.05, 0) is 50.3 Å². The monoisotopic (exact) mass is 793 g/mol. The van der Waals surface area contributed by atoms with E-state index in [2.05, 4.69) is 4.90 Å². The molecular weight excluding hydrogens is 747 g/mol. The van der Waals surface area contributed by atoms with Crippen LogP contribution in [0.2, 0.25) is 0 Å². The molecule has 3 aromatic carbocycles. The van der Waals surface area contributed by atoms with Crippen LogP contribution in [0.4, 0.5) is 13.2 Å². The molecule has 3 aromatic rings. The van der Waals surface area contributed by atoms with Crippen LogP contribution < -0.4 is 0 Å². The number of likely N-dealkylation sites (N-methyl/N-ethyl adjacent to an activating group) is 1. The maximum Gasteiger partial charge on any atom is 0.416 e. The van der Waals surface area contributed by atoms with Crippen molar-refractivity contribution in [2.75, 3.05) is 40.3 Å². The van der Waals surface area contributed by atoms with Crippen LogP contribution >= 0.6 is 0 Å². The fraction of sp³-hybridized carbons (Fsp3) is 0.421. The lowest BCUT2D eigenvalue weighted by Crippen LogP contribution is -2.71. The van der Waals surface area contributed by atoms with Crippen LogP contribution in [0.1, 0.15) is 58.5 Å². The van der Waals surface area contributed by atoms with Crippen LogP contribution in [0.3, 0.4) is 0 Å². The second-order valence-corrected chi connectivity index (χ2v) is 15.5. The van der Waals surface area contributed by atoms with Crippen molar-refractivity contribution in [3.63, 3.8) is 0 Å². The minimum Gasteiger partial charge on any atom is -0.479 e. The van der Waals surface area contributed by atoms with Crippen LogP contribution in [0.15, 0.2) is 84.9 Å². The molecule has 0 spiro atoms. The number of nitrogens with zero attached hydrogens (tertiary/aromatic N) is 3.